The number of ether oxygens (including phenoxy) is 2. The molecule has 6 heteroatoms. The minimum atomic E-state index is -0.720. The van der Waals surface area contributed by atoms with Gasteiger partial charge in [0.05, 0.1) is 25.4 Å². The van der Waals surface area contributed by atoms with Crippen LogP contribution in [0.5, 0.6) is 0 Å². The zero-order valence-electron chi connectivity index (χ0n) is 14.4. The number of hydrogen-bond acceptors (Lipinski definition) is 4. The summed E-state index contributed by atoms with van der Waals surface area (Å²) in [5.41, 5.74) is 7.34. The van der Waals surface area contributed by atoms with Crippen molar-refractivity contribution in [3.05, 3.63) is 29.8 Å². The Labute approximate surface area is 150 Å². The maximum absolute atomic E-state index is 12.4. The average molecular weight is 357 g/mol. The number of anilines is 1. The summed E-state index contributed by atoms with van der Waals surface area (Å²) in [6, 6.07) is 7.72. The molecular formula is C18H29ClN2O3. The molecule has 0 radical (unpaired) electrons. The number of amides is 1. The predicted octanol–water partition coefficient (Wildman–Crippen LogP) is 3.26. The molecule has 1 aromatic rings. The van der Waals surface area contributed by atoms with Crippen LogP contribution in [-0.4, -0.2) is 31.3 Å². The van der Waals surface area contributed by atoms with E-state index in [-0.39, 0.29) is 18.3 Å². The first-order chi connectivity index (χ1) is 11.1. The van der Waals surface area contributed by atoms with Crippen molar-refractivity contribution < 1.29 is 14.3 Å². The molecule has 0 atom stereocenters. The number of hydrogen-bond donors (Lipinski definition) is 2. The fourth-order valence-corrected chi connectivity index (χ4v) is 2.86. The second kappa shape index (κ2) is 10.7. The maximum atomic E-state index is 12.4. The normalized spacial score (nSPS) is 16.2. The van der Waals surface area contributed by atoms with Gasteiger partial charge in [-0.2, -0.15) is 0 Å². The van der Waals surface area contributed by atoms with Crippen LogP contribution in [0.15, 0.2) is 24.3 Å². The molecule has 1 saturated carbocycles. The largest absolute Gasteiger partial charge is 0.379 e. The van der Waals surface area contributed by atoms with E-state index in [2.05, 4.69) is 5.32 Å². The third-order valence-electron chi connectivity index (χ3n) is 4.23. The number of nitrogens with one attached hydrogen (secondary N) is 1. The van der Waals surface area contributed by atoms with E-state index in [0.29, 0.717) is 26.4 Å². The van der Waals surface area contributed by atoms with Crippen molar-refractivity contribution in [2.45, 2.75) is 51.2 Å². The first-order valence-corrected chi connectivity index (χ1v) is 8.49. The molecule has 0 bridgehead atoms. The zero-order chi connectivity index (χ0) is 16.5. The van der Waals surface area contributed by atoms with Gasteiger partial charge < -0.3 is 20.5 Å². The molecule has 24 heavy (non-hydrogen) atoms. The number of benzene rings is 1. The van der Waals surface area contributed by atoms with Crippen molar-refractivity contribution in [3.8, 4) is 0 Å². The Morgan fingerprint density at radius 2 is 1.92 bits per heavy atom. The van der Waals surface area contributed by atoms with Crippen molar-refractivity contribution >= 4 is 24.0 Å². The minimum absolute atomic E-state index is 0. The second-order valence-corrected chi connectivity index (χ2v) is 6.12. The molecule has 0 unspecified atom stereocenters. The lowest BCUT2D eigenvalue weighted by Crippen LogP contribution is -2.52. The van der Waals surface area contributed by atoms with Crippen molar-refractivity contribution in [3.63, 3.8) is 0 Å². The van der Waals surface area contributed by atoms with Crippen LogP contribution in [0.25, 0.3) is 0 Å². The minimum Gasteiger partial charge on any atom is -0.379 e. The van der Waals surface area contributed by atoms with Crippen LogP contribution in [-0.2, 0) is 20.9 Å². The smallest absolute Gasteiger partial charge is 0.244 e. The summed E-state index contributed by atoms with van der Waals surface area (Å²) in [5, 5.41) is 2.96. The summed E-state index contributed by atoms with van der Waals surface area (Å²) in [4.78, 5) is 12.4. The summed E-state index contributed by atoms with van der Waals surface area (Å²) in [6.07, 6.45) is 4.74. The number of carbonyl (C=O) groups is 1. The van der Waals surface area contributed by atoms with E-state index in [4.69, 9.17) is 15.2 Å². The van der Waals surface area contributed by atoms with E-state index in [9.17, 15) is 4.79 Å². The highest BCUT2D eigenvalue weighted by Gasteiger charge is 2.35. The van der Waals surface area contributed by atoms with Crippen LogP contribution in [0.3, 0.4) is 0 Å². The van der Waals surface area contributed by atoms with Crippen molar-refractivity contribution in [1.82, 2.24) is 0 Å². The molecule has 136 valence electrons. The van der Waals surface area contributed by atoms with E-state index >= 15 is 0 Å². The van der Waals surface area contributed by atoms with E-state index in [1.165, 1.54) is 6.42 Å². The molecule has 0 spiro atoms. The van der Waals surface area contributed by atoms with Gasteiger partial charge in [0.25, 0.3) is 0 Å². The summed E-state index contributed by atoms with van der Waals surface area (Å²) in [7, 11) is 0. The van der Waals surface area contributed by atoms with Gasteiger partial charge in [-0.15, -0.1) is 12.4 Å². The summed E-state index contributed by atoms with van der Waals surface area (Å²) >= 11 is 0. The van der Waals surface area contributed by atoms with Gasteiger partial charge in [-0.25, -0.2) is 0 Å². The number of rotatable bonds is 8. The standard InChI is InChI=1S/C18H28N2O3.ClH/c1-2-22-11-12-23-14-15-7-6-8-16(13-15)20-17(21)18(19)9-4-3-5-10-18;/h6-8,13H,2-5,9-12,14,19H2,1H3,(H,20,21);1H. The van der Waals surface area contributed by atoms with Crippen molar-refractivity contribution in [2.75, 3.05) is 25.1 Å². The van der Waals surface area contributed by atoms with E-state index < -0.39 is 5.54 Å². The molecule has 5 nitrogen and oxygen atoms in total. The van der Waals surface area contributed by atoms with Gasteiger partial charge in [0.2, 0.25) is 5.91 Å². The van der Waals surface area contributed by atoms with Crippen LogP contribution in [0.4, 0.5) is 5.69 Å². The van der Waals surface area contributed by atoms with Gasteiger partial charge in [-0.3, -0.25) is 4.79 Å². The molecule has 1 aromatic carbocycles. The molecule has 0 aromatic heterocycles. The molecule has 0 saturated heterocycles. The molecule has 0 aliphatic heterocycles. The number of nitrogens with two attached hydrogens (primary N) is 1. The fourth-order valence-electron chi connectivity index (χ4n) is 2.86. The van der Waals surface area contributed by atoms with Crippen molar-refractivity contribution in [1.29, 1.82) is 0 Å². The lowest BCUT2D eigenvalue weighted by atomic mass is 9.82. The Bertz CT molecular complexity index is 505. The Balaban J connectivity index is 0.00000288. The van der Waals surface area contributed by atoms with Gasteiger partial charge in [-0.1, -0.05) is 31.4 Å². The van der Waals surface area contributed by atoms with Crippen LogP contribution in [0.1, 0.15) is 44.6 Å². The van der Waals surface area contributed by atoms with E-state index in [1.807, 2.05) is 31.2 Å². The molecule has 1 fully saturated rings. The molecule has 1 aliphatic carbocycles. The van der Waals surface area contributed by atoms with Crippen LogP contribution < -0.4 is 11.1 Å². The first kappa shape index (κ1) is 20.9. The molecule has 1 aliphatic rings. The Hall–Kier alpha value is -1.14. The van der Waals surface area contributed by atoms with Gasteiger partial charge in [0, 0.05) is 12.3 Å². The molecule has 0 heterocycles. The molecule has 1 amide bonds. The monoisotopic (exact) mass is 356 g/mol. The molecular weight excluding hydrogens is 328 g/mol. The van der Waals surface area contributed by atoms with Crippen LogP contribution in [0.2, 0.25) is 0 Å². The topological polar surface area (TPSA) is 73.6 Å². The van der Waals surface area contributed by atoms with E-state index in [1.54, 1.807) is 0 Å². The highest BCUT2D eigenvalue weighted by molar-refractivity contribution is 5.98. The number of carbonyl (C=O) groups excluding carboxylic acids is 1. The third-order valence-corrected chi connectivity index (χ3v) is 4.23. The van der Waals surface area contributed by atoms with Crippen molar-refractivity contribution in [2.24, 2.45) is 5.73 Å². The molecule has 2 rings (SSSR count). The summed E-state index contributed by atoms with van der Waals surface area (Å²) < 4.78 is 10.8. The van der Waals surface area contributed by atoms with Crippen LogP contribution in [0, 0.1) is 0 Å². The van der Waals surface area contributed by atoms with Gasteiger partial charge in [-0.05, 0) is 37.5 Å². The maximum Gasteiger partial charge on any atom is 0.244 e. The lowest BCUT2D eigenvalue weighted by Gasteiger charge is -2.31. The number of halogens is 1. The highest BCUT2D eigenvalue weighted by atomic mass is 35.5. The quantitative estimate of drug-likeness (QED) is 0.701. The lowest BCUT2D eigenvalue weighted by molar-refractivity contribution is -0.122. The SMILES string of the molecule is CCOCCOCc1cccc(NC(=O)C2(N)CCCCC2)c1.Cl. The first-order valence-electron chi connectivity index (χ1n) is 8.49. The third kappa shape index (κ3) is 6.40. The highest BCUT2D eigenvalue weighted by Crippen LogP contribution is 2.27. The Morgan fingerprint density at radius 3 is 2.62 bits per heavy atom. The van der Waals surface area contributed by atoms with Gasteiger partial charge in [0.15, 0.2) is 0 Å². The summed E-state index contributed by atoms with van der Waals surface area (Å²) in [6.45, 7) is 4.33. The summed E-state index contributed by atoms with van der Waals surface area (Å²) in [5.74, 6) is -0.0772. The van der Waals surface area contributed by atoms with Gasteiger partial charge >= 0.3 is 0 Å². The van der Waals surface area contributed by atoms with Crippen LogP contribution >= 0.6 is 12.4 Å². The zero-order valence-corrected chi connectivity index (χ0v) is 15.2. The van der Waals surface area contributed by atoms with E-state index in [0.717, 1.165) is 36.9 Å². The Kier molecular flexibility index (Phi) is 9.29. The predicted molar refractivity (Wildman–Crippen MR) is 98.5 cm³/mol. The Morgan fingerprint density at radius 1 is 1.21 bits per heavy atom. The second-order valence-electron chi connectivity index (χ2n) is 6.12. The average Bonchev–Trinajstić information content (AvgIpc) is 2.56. The fraction of sp³-hybridized carbons (Fsp3) is 0.611. The molecule has 3 N–H and O–H groups in total. The van der Waals surface area contributed by atoms with Gasteiger partial charge in [0.1, 0.15) is 0 Å².